The molecule has 0 saturated carbocycles. The Kier molecular flexibility index (Phi) is 5.44. The number of anilines is 1. The second kappa shape index (κ2) is 7.87. The minimum Gasteiger partial charge on any atom is -0.357 e. The minimum absolute atomic E-state index is 0.00449. The molecule has 6 nitrogen and oxygen atoms in total. The fraction of sp³-hybridized carbons (Fsp3) is 0.300. The molecule has 0 bridgehead atoms. The Hall–Kier alpha value is -2.26. The molecule has 0 radical (unpaired) electrons. The summed E-state index contributed by atoms with van der Waals surface area (Å²) >= 11 is 3.32. The lowest BCUT2D eigenvalue weighted by Crippen LogP contribution is -2.31. The number of halogens is 2. The van der Waals surface area contributed by atoms with E-state index in [1.807, 2.05) is 11.8 Å². The normalized spacial score (nSPS) is 14.9. The predicted octanol–water partition coefficient (Wildman–Crippen LogP) is 4.60. The third kappa shape index (κ3) is 4.20. The van der Waals surface area contributed by atoms with Crippen LogP contribution in [0.3, 0.4) is 0 Å². The number of rotatable bonds is 4. The van der Waals surface area contributed by atoms with Crippen molar-refractivity contribution in [3.05, 3.63) is 52.3 Å². The molecule has 1 aliphatic heterocycles. The summed E-state index contributed by atoms with van der Waals surface area (Å²) in [7, 11) is -4.14. The van der Waals surface area contributed by atoms with E-state index >= 15 is 0 Å². The number of piperidine rings is 1. The Bertz CT molecular complexity index is 1160. The van der Waals surface area contributed by atoms with Crippen molar-refractivity contribution in [2.45, 2.75) is 31.1 Å². The summed E-state index contributed by atoms with van der Waals surface area (Å²) < 4.78 is 45.5. The zero-order valence-electron chi connectivity index (χ0n) is 15.7. The number of benzene rings is 2. The molecule has 1 saturated heterocycles. The number of nitrogens with zero attached hydrogens (tertiary/aromatic N) is 3. The van der Waals surface area contributed by atoms with Crippen molar-refractivity contribution in [2.24, 2.45) is 0 Å². The first kappa shape index (κ1) is 20.0. The average molecular weight is 480 g/mol. The van der Waals surface area contributed by atoms with Crippen molar-refractivity contribution in [1.29, 1.82) is 0 Å². The van der Waals surface area contributed by atoms with Crippen molar-refractivity contribution in [3.63, 3.8) is 0 Å². The van der Waals surface area contributed by atoms with Gasteiger partial charge in [-0.25, -0.2) is 9.37 Å². The number of hydrogen-bond acceptors (Lipinski definition) is 6. The third-order valence-electron chi connectivity index (χ3n) is 4.81. The fourth-order valence-corrected chi connectivity index (χ4v) is 4.70. The van der Waals surface area contributed by atoms with Gasteiger partial charge in [-0.3, -0.25) is 0 Å². The van der Waals surface area contributed by atoms with Crippen LogP contribution in [-0.4, -0.2) is 31.5 Å². The summed E-state index contributed by atoms with van der Waals surface area (Å²) in [6.07, 6.45) is 3.14. The molecule has 0 amide bonds. The van der Waals surface area contributed by atoms with Crippen LogP contribution < -0.4 is 9.08 Å². The van der Waals surface area contributed by atoms with Gasteiger partial charge in [0, 0.05) is 17.6 Å². The lowest BCUT2D eigenvalue weighted by atomic mass is 10.1. The standard InChI is InChI=1S/C20H19BrFN3O3S/c1-13-5-7-15(8-6-13)29(26,27)28-19-16-11-14(22)12-17(21)18(16)23-20(24-19)25-9-3-2-4-10-25/h5-8,11-12H,2-4,9-10H2,1H3. The molecule has 4 rings (SSSR count). The highest BCUT2D eigenvalue weighted by Crippen LogP contribution is 2.33. The molecule has 1 aromatic heterocycles. The molecule has 2 aromatic carbocycles. The molecular formula is C20H19BrFN3O3S. The molecule has 29 heavy (non-hydrogen) atoms. The Morgan fingerprint density at radius 1 is 1.07 bits per heavy atom. The lowest BCUT2D eigenvalue weighted by molar-refractivity contribution is 0.477. The second-order valence-electron chi connectivity index (χ2n) is 7.01. The minimum atomic E-state index is -4.14. The Balaban J connectivity index is 1.83. The van der Waals surface area contributed by atoms with Crippen LogP contribution in [0.15, 0.2) is 45.8 Å². The molecule has 0 atom stereocenters. The second-order valence-corrected chi connectivity index (χ2v) is 9.41. The SMILES string of the molecule is Cc1ccc(S(=O)(=O)Oc2nc(N3CCCCC3)nc3c(Br)cc(F)cc23)cc1. The van der Waals surface area contributed by atoms with Crippen LogP contribution in [0.4, 0.5) is 10.3 Å². The van der Waals surface area contributed by atoms with Gasteiger partial charge < -0.3 is 9.08 Å². The lowest BCUT2D eigenvalue weighted by Gasteiger charge is -2.27. The van der Waals surface area contributed by atoms with Crippen LogP contribution >= 0.6 is 15.9 Å². The largest absolute Gasteiger partial charge is 0.357 e. The summed E-state index contributed by atoms with van der Waals surface area (Å²) in [5.74, 6) is -0.355. The van der Waals surface area contributed by atoms with Crippen molar-refractivity contribution in [3.8, 4) is 5.88 Å². The van der Waals surface area contributed by atoms with Crippen molar-refractivity contribution >= 4 is 42.9 Å². The quantitative estimate of drug-likeness (QED) is 0.509. The van der Waals surface area contributed by atoms with E-state index < -0.39 is 15.9 Å². The Morgan fingerprint density at radius 3 is 2.45 bits per heavy atom. The van der Waals surface area contributed by atoms with Crippen LogP contribution in [0, 0.1) is 12.7 Å². The third-order valence-corrected chi connectivity index (χ3v) is 6.64. The first-order chi connectivity index (χ1) is 13.8. The molecule has 1 fully saturated rings. The summed E-state index contributed by atoms with van der Waals surface area (Å²) in [5, 5.41) is 0.188. The number of aryl methyl sites for hydroxylation is 1. The first-order valence-corrected chi connectivity index (χ1v) is 11.5. The van der Waals surface area contributed by atoms with Crippen LogP contribution in [0.1, 0.15) is 24.8 Å². The number of aromatic nitrogens is 2. The van der Waals surface area contributed by atoms with Crippen LogP contribution in [0.5, 0.6) is 5.88 Å². The molecule has 3 aromatic rings. The maximum atomic E-state index is 14.0. The monoisotopic (exact) mass is 479 g/mol. The van der Waals surface area contributed by atoms with Gasteiger partial charge in [-0.05, 0) is 66.4 Å². The fourth-order valence-electron chi connectivity index (χ4n) is 3.27. The first-order valence-electron chi connectivity index (χ1n) is 9.26. The molecule has 2 heterocycles. The van der Waals surface area contributed by atoms with E-state index in [1.54, 1.807) is 12.1 Å². The van der Waals surface area contributed by atoms with E-state index in [2.05, 4.69) is 25.9 Å². The van der Waals surface area contributed by atoms with Crippen molar-refractivity contribution in [1.82, 2.24) is 9.97 Å². The van der Waals surface area contributed by atoms with Crippen molar-refractivity contribution in [2.75, 3.05) is 18.0 Å². The maximum absolute atomic E-state index is 14.0. The van der Waals surface area contributed by atoms with Gasteiger partial charge in [-0.1, -0.05) is 17.7 Å². The highest BCUT2D eigenvalue weighted by molar-refractivity contribution is 9.10. The van der Waals surface area contributed by atoms with Gasteiger partial charge in [0.15, 0.2) is 0 Å². The van der Waals surface area contributed by atoms with Gasteiger partial charge >= 0.3 is 10.1 Å². The molecule has 0 unspecified atom stereocenters. The summed E-state index contributed by atoms with van der Waals surface area (Å²) in [4.78, 5) is 10.9. The van der Waals surface area contributed by atoms with Crippen LogP contribution in [-0.2, 0) is 10.1 Å². The van der Waals surface area contributed by atoms with Crippen molar-refractivity contribution < 1.29 is 17.0 Å². The van der Waals surface area contributed by atoms with Gasteiger partial charge in [0.2, 0.25) is 11.8 Å². The van der Waals surface area contributed by atoms with E-state index in [4.69, 9.17) is 4.18 Å². The average Bonchev–Trinajstić information content (AvgIpc) is 2.69. The number of hydrogen-bond donors (Lipinski definition) is 0. The van der Waals surface area contributed by atoms with E-state index in [0.29, 0.717) is 15.9 Å². The zero-order chi connectivity index (χ0) is 20.6. The van der Waals surface area contributed by atoms with E-state index in [1.165, 1.54) is 24.3 Å². The Morgan fingerprint density at radius 2 is 1.76 bits per heavy atom. The molecular weight excluding hydrogens is 461 g/mol. The van der Waals surface area contributed by atoms with Crippen LogP contribution in [0.2, 0.25) is 0 Å². The van der Waals surface area contributed by atoms with Gasteiger partial charge in [0.1, 0.15) is 10.7 Å². The zero-order valence-corrected chi connectivity index (χ0v) is 18.1. The van der Waals surface area contributed by atoms with Gasteiger partial charge in [-0.2, -0.15) is 13.4 Å². The van der Waals surface area contributed by atoms with Gasteiger partial charge in [-0.15, -0.1) is 0 Å². The smallest absolute Gasteiger partial charge is 0.340 e. The maximum Gasteiger partial charge on any atom is 0.340 e. The molecule has 1 aliphatic rings. The summed E-state index contributed by atoms with van der Waals surface area (Å²) in [5.41, 5.74) is 1.32. The molecule has 0 aliphatic carbocycles. The predicted molar refractivity (Wildman–Crippen MR) is 112 cm³/mol. The molecule has 152 valence electrons. The highest BCUT2D eigenvalue weighted by Gasteiger charge is 2.23. The summed E-state index contributed by atoms with van der Waals surface area (Å²) in [6.45, 7) is 3.41. The summed E-state index contributed by atoms with van der Waals surface area (Å²) in [6, 6.07) is 8.77. The van der Waals surface area contributed by atoms with E-state index in [0.717, 1.165) is 37.9 Å². The topological polar surface area (TPSA) is 72.4 Å². The van der Waals surface area contributed by atoms with Gasteiger partial charge in [0.05, 0.1) is 10.9 Å². The Labute approximate surface area is 177 Å². The van der Waals surface area contributed by atoms with E-state index in [-0.39, 0.29) is 16.2 Å². The number of fused-ring (bicyclic) bond motifs is 1. The molecule has 0 N–H and O–H groups in total. The van der Waals surface area contributed by atoms with E-state index in [9.17, 15) is 12.8 Å². The molecule has 0 spiro atoms. The molecule has 9 heteroatoms. The van der Waals surface area contributed by atoms with Crippen LogP contribution in [0.25, 0.3) is 10.9 Å². The highest BCUT2D eigenvalue weighted by atomic mass is 79.9. The van der Waals surface area contributed by atoms with Gasteiger partial charge in [0.25, 0.3) is 0 Å².